The molecule has 2 nitrogen and oxygen atoms in total. The van der Waals surface area contributed by atoms with Crippen molar-refractivity contribution >= 4 is 81.9 Å². The van der Waals surface area contributed by atoms with Crippen LogP contribution in [-0.4, -0.2) is 0 Å². The van der Waals surface area contributed by atoms with Crippen molar-refractivity contribution in [2.24, 2.45) is 0 Å². The minimum absolute atomic E-state index is 0.658. The molecular weight excluding hydrogens is 935 g/mol. The van der Waals surface area contributed by atoms with Gasteiger partial charge in [0.05, 0.1) is 22.2 Å². The highest BCUT2D eigenvalue weighted by Gasteiger charge is 2.54. The van der Waals surface area contributed by atoms with Crippen molar-refractivity contribution in [2.75, 3.05) is 4.90 Å². The maximum Gasteiger partial charge on any atom is 0.140 e. The molecule has 1 unspecified atom stereocenters. The molecule has 0 fully saturated rings. The fourth-order valence-corrected chi connectivity index (χ4v) is 16.3. The number of hydrogen-bond acceptors (Lipinski definition) is 4. The SMILES string of the molecule is c1ccc2c(c1)Sc1cccc(N(c3ccc4c(c3)C3(c5ccccc5-c5ccccc53)c3ccc5ccccc5c3O4)c3cccc4sc5ccccc5c34)c1C21c2ccccc2-c2c1ccc1ccccc21. The molecule has 0 radical (unpaired) electrons. The number of thiophene rings is 1. The monoisotopic (exact) mass is 975 g/mol. The Morgan fingerprint density at radius 3 is 1.74 bits per heavy atom. The van der Waals surface area contributed by atoms with Crippen molar-refractivity contribution in [2.45, 2.75) is 20.6 Å². The predicted molar refractivity (Wildman–Crippen MR) is 308 cm³/mol. The lowest BCUT2D eigenvalue weighted by atomic mass is 9.65. The largest absolute Gasteiger partial charge is 0.456 e. The molecule has 0 amide bonds. The minimum Gasteiger partial charge on any atom is -0.456 e. The Hall–Kier alpha value is -8.67. The molecule has 0 saturated carbocycles. The normalized spacial score (nSPS) is 15.8. The van der Waals surface area contributed by atoms with Crippen LogP contribution >= 0.6 is 23.1 Å². The summed E-state index contributed by atoms with van der Waals surface area (Å²) in [6.07, 6.45) is 0. The first-order valence-electron chi connectivity index (χ1n) is 25.5. The van der Waals surface area contributed by atoms with Gasteiger partial charge in [-0.05, 0) is 121 Å². The average molecular weight is 976 g/mol. The summed E-state index contributed by atoms with van der Waals surface area (Å²) in [6.45, 7) is 0. The molecule has 3 heterocycles. The summed E-state index contributed by atoms with van der Waals surface area (Å²) in [5.41, 5.74) is 17.2. The Balaban J connectivity index is 1.02. The van der Waals surface area contributed by atoms with Crippen LogP contribution in [0.3, 0.4) is 0 Å². The van der Waals surface area contributed by atoms with Gasteiger partial charge >= 0.3 is 0 Å². The second-order valence-electron chi connectivity index (χ2n) is 20.1. The van der Waals surface area contributed by atoms with Gasteiger partial charge in [-0.3, -0.25) is 0 Å². The van der Waals surface area contributed by atoms with Gasteiger partial charge in [0, 0.05) is 57.7 Å². The average Bonchev–Trinajstić information content (AvgIpc) is 4.28. The van der Waals surface area contributed by atoms with E-state index in [1.807, 2.05) is 23.1 Å². The third kappa shape index (κ3) is 5.11. The Morgan fingerprint density at radius 1 is 0.365 bits per heavy atom. The molecule has 2 aliphatic carbocycles. The highest BCUT2D eigenvalue weighted by Crippen LogP contribution is 2.67. The summed E-state index contributed by atoms with van der Waals surface area (Å²) in [6, 6.07) is 93.6. The van der Waals surface area contributed by atoms with E-state index in [-0.39, 0.29) is 0 Å². The van der Waals surface area contributed by atoms with E-state index in [9.17, 15) is 0 Å². The number of nitrogens with zero attached hydrogens (tertiary/aromatic N) is 1. The first-order valence-corrected chi connectivity index (χ1v) is 27.1. The van der Waals surface area contributed by atoms with Crippen LogP contribution in [0, 0.1) is 0 Å². The first kappa shape index (κ1) is 40.9. The summed E-state index contributed by atoms with van der Waals surface area (Å²) in [4.78, 5) is 5.15. The fraction of sp³-hybridized carbons (Fsp3) is 0.0286. The van der Waals surface area contributed by atoms with Crippen molar-refractivity contribution in [1.82, 2.24) is 0 Å². The zero-order valence-corrected chi connectivity index (χ0v) is 41.5. The summed E-state index contributed by atoms with van der Waals surface area (Å²) < 4.78 is 9.90. The number of rotatable bonds is 3. The van der Waals surface area contributed by atoms with Crippen LogP contribution in [-0.2, 0) is 10.8 Å². The zero-order chi connectivity index (χ0) is 48.3. The molecule has 1 atom stereocenters. The van der Waals surface area contributed by atoms with Crippen molar-refractivity contribution in [3.8, 4) is 33.8 Å². The van der Waals surface area contributed by atoms with Crippen molar-refractivity contribution in [1.29, 1.82) is 0 Å². The summed E-state index contributed by atoms with van der Waals surface area (Å²) >= 11 is 3.77. The Morgan fingerprint density at radius 2 is 0.946 bits per heavy atom. The van der Waals surface area contributed by atoms with E-state index in [0.29, 0.717) is 0 Å². The topological polar surface area (TPSA) is 12.5 Å². The number of ether oxygens (including phenoxy) is 1. The van der Waals surface area contributed by atoms with Gasteiger partial charge < -0.3 is 9.64 Å². The van der Waals surface area contributed by atoms with Crippen LogP contribution in [0.25, 0.3) is 64.0 Å². The molecule has 12 aromatic carbocycles. The van der Waals surface area contributed by atoms with Gasteiger partial charge in [0.25, 0.3) is 0 Å². The van der Waals surface area contributed by atoms with Gasteiger partial charge in [-0.15, -0.1) is 11.3 Å². The highest BCUT2D eigenvalue weighted by atomic mass is 32.2. The van der Waals surface area contributed by atoms with E-state index in [2.05, 4.69) is 254 Å². The molecule has 4 aliphatic rings. The molecule has 17 rings (SSSR count). The molecule has 13 aromatic rings. The predicted octanol–water partition coefficient (Wildman–Crippen LogP) is 19.1. The molecule has 344 valence electrons. The third-order valence-electron chi connectivity index (χ3n) is 16.8. The van der Waals surface area contributed by atoms with Crippen molar-refractivity contribution < 1.29 is 4.74 Å². The molecule has 74 heavy (non-hydrogen) atoms. The Kier molecular flexibility index (Phi) is 8.26. The van der Waals surface area contributed by atoms with Crippen LogP contribution in [0.5, 0.6) is 11.5 Å². The first-order chi connectivity index (χ1) is 36.7. The number of benzene rings is 12. The van der Waals surface area contributed by atoms with Gasteiger partial charge in [0.15, 0.2) is 0 Å². The third-order valence-corrected chi connectivity index (χ3v) is 19.0. The Labute approximate surface area is 436 Å². The van der Waals surface area contributed by atoms with Crippen LogP contribution in [0.15, 0.2) is 259 Å². The quantitative estimate of drug-likeness (QED) is 0.175. The molecule has 2 spiro atoms. The second-order valence-corrected chi connectivity index (χ2v) is 22.3. The standard InChI is InChI=1S/C70H41NOS2/c1-3-19-45-42(17-1)35-38-55-65(45)49-23-7-11-27-53(49)70(55)54-28-12-14-32-62(54)74-64-34-16-30-59(67(64)70)71(58-29-15-33-63-66(58)50-24-8-13-31-61(50)73-63)44-37-40-60-57(41-44)69(56-39-36-43-18-2-4-20-46(43)68(56)72-60)51-25-9-5-21-47(51)48-22-6-10-26-52(48)69/h1-41H. The molecule has 0 bridgehead atoms. The number of fused-ring (bicyclic) bond motifs is 25. The van der Waals surface area contributed by atoms with Crippen LogP contribution in [0.4, 0.5) is 17.1 Å². The van der Waals surface area contributed by atoms with E-state index >= 15 is 0 Å². The van der Waals surface area contributed by atoms with E-state index in [1.165, 1.54) is 96.4 Å². The van der Waals surface area contributed by atoms with Gasteiger partial charge in [-0.1, -0.05) is 206 Å². The van der Waals surface area contributed by atoms with Gasteiger partial charge in [0.2, 0.25) is 0 Å². The molecule has 0 N–H and O–H groups in total. The van der Waals surface area contributed by atoms with E-state index in [4.69, 9.17) is 4.74 Å². The fourth-order valence-electron chi connectivity index (χ4n) is 14.0. The minimum atomic E-state index is -0.681. The van der Waals surface area contributed by atoms with Crippen molar-refractivity contribution in [3.05, 3.63) is 293 Å². The number of hydrogen-bond donors (Lipinski definition) is 0. The van der Waals surface area contributed by atoms with Gasteiger partial charge in [0.1, 0.15) is 11.5 Å². The van der Waals surface area contributed by atoms with Gasteiger partial charge in [-0.25, -0.2) is 0 Å². The maximum absolute atomic E-state index is 7.37. The molecular formula is C70H41NOS2. The van der Waals surface area contributed by atoms with Crippen LogP contribution < -0.4 is 9.64 Å². The van der Waals surface area contributed by atoms with Crippen LogP contribution in [0.1, 0.15) is 44.5 Å². The lowest BCUT2D eigenvalue weighted by molar-refractivity contribution is 0.442. The lowest BCUT2D eigenvalue weighted by Crippen LogP contribution is -2.34. The van der Waals surface area contributed by atoms with Gasteiger partial charge in [-0.2, -0.15) is 0 Å². The highest BCUT2D eigenvalue weighted by molar-refractivity contribution is 7.99. The molecule has 0 saturated heterocycles. The smallest absolute Gasteiger partial charge is 0.140 e. The van der Waals surface area contributed by atoms with Crippen LogP contribution in [0.2, 0.25) is 0 Å². The maximum atomic E-state index is 7.37. The summed E-state index contributed by atoms with van der Waals surface area (Å²) in [5, 5.41) is 7.31. The zero-order valence-electron chi connectivity index (χ0n) is 39.8. The van der Waals surface area contributed by atoms with E-state index < -0.39 is 10.8 Å². The molecule has 2 aliphatic heterocycles. The van der Waals surface area contributed by atoms with Crippen molar-refractivity contribution in [3.63, 3.8) is 0 Å². The Bertz CT molecular complexity index is 4560. The lowest BCUT2D eigenvalue weighted by Gasteiger charge is -2.43. The van der Waals surface area contributed by atoms with E-state index in [0.717, 1.165) is 50.5 Å². The molecule has 4 heteroatoms. The number of anilines is 3. The summed E-state index contributed by atoms with van der Waals surface area (Å²) in [5.74, 6) is 1.78. The summed E-state index contributed by atoms with van der Waals surface area (Å²) in [7, 11) is 0. The second kappa shape index (κ2) is 15.0. The molecule has 1 aromatic heterocycles. The van der Waals surface area contributed by atoms with E-state index in [1.54, 1.807) is 0 Å².